The maximum absolute atomic E-state index is 14.0. The van der Waals surface area contributed by atoms with Gasteiger partial charge in [-0.2, -0.15) is 4.31 Å². The number of carbonyl (C=O) groups is 1. The van der Waals surface area contributed by atoms with Gasteiger partial charge < -0.3 is 9.80 Å². The van der Waals surface area contributed by atoms with Gasteiger partial charge in [0, 0.05) is 38.8 Å². The molecule has 3 saturated heterocycles. The minimum atomic E-state index is -3.88. The molecule has 3 fully saturated rings. The van der Waals surface area contributed by atoms with Gasteiger partial charge in [0.1, 0.15) is 10.7 Å². The Morgan fingerprint density at radius 1 is 0.967 bits per heavy atom. The van der Waals surface area contributed by atoms with Crippen molar-refractivity contribution in [2.24, 2.45) is 0 Å². The Kier molecular flexibility index (Phi) is 6.72. The van der Waals surface area contributed by atoms with E-state index in [1.54, 1.807) is 4.90 Å². The van der Waals surface area contributed by atoms with Gasteiger partial charge in [-0.05, 0) is 57.5 Å². The van der Waals surface area contributed by atoms with Crippen molar-refractivity contribution in [1.29, 1.82) is 0 Å². The van der Waals surface area contributed by atoms with E-state index in [0.717, 1.165) is 45.1 Å². The summed E-state index contributed by atoms with van der Waals surface area (Å²) in [5, 5.41) is 0. The van der Waals surface area contributed by atoms with Crippen LogP contribution in [0, 0.1) is 5.82 Å². The van der Waals surface area contributed by atoms with Gasteiger partial charge in [-0.3, -0.25) is 9.69 Å². The largest absolute Gasteiger partial charge is 0.339 e. The number of rotatable bonds is 6. The van der Waals surface area contributed by atoms with Crippen molar-refractivity contribution in [2.75, 3.05) is 58.9 Å². The molecular weight excluding hydrogens is 407 g/mol. The highest BCUT2D eigenvalue weighted by atomic mass is 32.2. The zero-order valence-electron chi connectivity index (χ0n) is 17.4. The van der Waals surface area contributed by atoms with Gasteiger partial charge in [0.2, 0.25) is 15.9 Å². The Labute approximate surface area is 178 Å². The number of likely N-dealkylation sites (tertiary alicyclic amines) is 2. The molecule has 30 heavy (non-hydrogen) atoms. The van der Waals surface area contributed by atoms with Crippen molar-refractivity contribution in [3.63, 3.8) is 0 Å². The molecule has 166 valence electrons. The first-order valence-electron chi connectivity index (χ1n) is 10.9. The number of amides is 1. The number of sulfonamides is 1. The van der Waals surface area contributed by atoms with Gasteiger partial charge >= 0.3 is 0 Å². The summed E-state index contributed by atoms with van der Waals surface area (Å²) in [6.07, 6.45) is 4.80. The van der Waals surface area contributed by atoms with Crippen LogP contribution in [0.4, 0.5) is 4.39 Å². The Morgan fingerprint density at radius 2 is 1.67 bits per heavy atom. The fourth-order valence-corrected chi connectivity index (χ4v) is 6.31. The van der Waals surface area contributed by atoms with Crippen molar-refractivity contribution in [1.82, 2.24) is 19.0 Å². The third-order valence-corrected chi connectivity index (χ3v) is 8.48. The first kappa shape index (κ1) is 21.7. The fraction of sp³-hybridized carbons (Fsp3) is 0.667. The summed E-state index contributed by atoms with van der Waals surface area (Å²) in [5.41, 5.74) is 0. The number of halogens is 1. The number of hydrogen-bond acceptors (Lipinski definition) is 5. The Morgan fingerprint density at radius 3 is 2.37 bits per heavy atom. The summed E-state index contributed by atoms with van der Waals surface area (Å²) in [6.45, 7) is 5.80. The maximum Gasteiger partial charge on any atom is 0.246 e. The zero-order chi connectivity index (χ0) is 21.1. The van der Waals surface area contributed by atoms with Gasteiger partial charge in [-0.15, -0.1) is 0 Å². The molecule has 1 aromatic rings. The predicted octanol–water partition coefficient (Wildman–Crippen LogP) is 1.22. The number of carbonyl (C=O) groups excluding carboxylic acids is 1. The van der Waals surface area contributed by atoms with Crippen molar-refractivity contribution < 1.29 is 17.6 Å². The van der Waals surface area contributed by atoms with E-state index in [1.165, 1.54) is 35.3 Å². The van der Waals surface area contributed by atoms with Gasteiger partial charge in [0.25, 0.3) is 0 Å². The highest BCUT2D eigenvalue weighted by Crippen LogP contribution is 2.22. The highest BCUT2D eigenvalue weighted by Gasteiger charge is 2.34. The molecular formula is C21H31FN4O3S. The third-order valence-electron chi connectivity index (χ3n) is 6.55. The first-order valence-corrected chi connectivity index (χ1v) is 12.4. The topological polar surface area (TPSA) is 64.2 Å². The van der Waals surface area contributed by atoms with Crippen LogP contribution in [0.2, 0.25) is 0 Å². The normalized spacial score (nSPS) is 24.6. The number of nitrogens with zero attached hydrogens (tertiary/aromatic N) is 4. The molecule has 7 nitrogen and oxygen atoms in total. The van der Waals surface area contributed by atoms with Gasteiger partial charge in [-0.25, -0.2) is 12.8 Å². The molecule has 0 radical (unpaired) electrons. The monoisotopic (exact) mass is 438 g/mol. The van der Waals surface area contributed by atoms with Gasteiger partial charge in [-0.1, -0.05) is 12.1 Å². The predicted molar refractivity (Wildman–Crippen MR) is 112 cm³/mol. The smallest absolute Gasteiger partial charge is 0.246 e. The van der Waals surface area contributed by atoms with E-state index in [0.29, 0.717) is 25.7 Å². The molecule has 0 N–H and O–H groups in total. The quantitative estimate of drug-likeness (QED) is 0.668. The van der Waals surface area contributed by atoms with Crippen LogP contribution in [0.3, 0.4) is 0 Å². The van der Waals surface area contributed by atoms with Crippen molar-refractivity contribution in [2.45, 2.75) is 36.6 Å². The van der Waals surface area contributed by atoms with Crippen molar-refractivity contribution in [3.05, 3.63) is 30.1 Å². The van der Waals surface area contributed by atoms with Crippen LogP contribution in [0.15, 0.2) is 29.2 Å². The lowest BCUT2D eigenvalue weighted by atomic mass is 10.2. The van der Waals surface area contributed by atoms with E-state index in [9.17, 15) is 17.6 Å². The first-order chi connectivity index (χ1) is 14.4. The van der Waals surface area contributed by atoms with Crippen LogP contribution in [-0.2, 0) is 14.8 Å². The lowest BCUT2D eigenvalue weighted by Gasteiger charge is -2.35. The molecule has 0 aliphatic carbocycles. The Balaban J connectivity index is 1.30. The van der Waals surface area contributed by atoms with Crippen LogP contribution in [0.5, 0.6) is 0 Å². The third kappa shape index (κ3) is 4.69. The van der Waals surface area contributed by atoms with Crippen LogP contribution in [0.25, 0.3) is 0 Å². The fourth-order valence-electron chi connectivity index (χ4n) is 4.82. The molecule has 0 bridgehead atoms. The summed E-state index contributed by atoms with van der Waals surface area (Å²) in [6, 6.07) is 5.87. The summed E-state index contributed by atoms with van der Waals surface area (Å²) in [4.78, 5) is 19.1. The Hall–Kier alpha value is -1.55. The molecule has 3 heterocycles. The second-order valence-electron chi connectivity index (χ2n) is 8.49. The summed E-state index contributed by atoms with van der Waals surface area (Å²) in [7, 11) is -3.88. The second kappa shape index (κ2) is 9.30. The molecule has 3 aliphatic rings. The van der Waals surface area contributed by atoms with E-state index >= 15 is 0 Å². The number of piperazine rings is 1. The minimum absolute atomic E-state index is 0.0614. The van der Waals surface area contributed by atoms with E-state index in [4.69, 9.17) is 0 Å². The average Bonchev–Trinajstić information content (AvgIpc) is 3.41. The van der Waals surface area contributed by atoms with Crippen LogP contribution in [0.1, 0.15) is 25.7 Å². The molecule has 0 spiro atoms. The number of hydrogen-bond donors (Lipinski definition) is 0. The van der Waals surface area contributed by atoms with E-state index in [1.807, 2.05) is 0 Å². The average molecular weight is 439 g/mol. The molecule has 3 aliphatic heterocycles. The van der Waals surface area contributed by atoms with E-state index < -0.39 is 15.8 Å². The minimum Gasteiger partial charge on any atom is -0.339 e. The lowest BCUT2D eigenvalue weighted by Crippen LogP contribution is -2.53. The zero-order valence-corrected chi connectivity index (χ0v) is 18.2. The number of benzene rings is 1. The standard InChI is InChI=1S/C21H31FN4O3S/c22-19-7-1-2-8-20(19)30(28,29)26-14-12-24(13-15-26)21(27)17-25-11-5-6-18(25)16-23-9-3-4-10-23/h1-2,7-8,18H,3-6,9-17H2. The van der Waals surface area contributed by atoms with Gasteiger partial charge in [0.05, 0.1) is 6.54 Å². The summed E-state index contributed by atoms with van der Waals surface area (Å²) in [5.74, 6) is -0.680. The van der Waals surface area contributed by atoms with Crippen LogP contribution < -0.4 is 0 Å². The molecule has 4 rings (SSSR count). The SMILES string of the molecule is O=C(CN1CCCC1CN1CCCC1)N1CCN(S(=O)(=O)c2ccccc2F)CC1. The maximum atomic E-state index is 14.0. The van der Waals surface area contributed by atoms with E-state index in [2.05, 4.69) is 9.80 Å². The summed E-state index contributed by atoms with van der Waals surface area (Å²) < 4.78 is 40.7. The molecule has 1 aromatic carbocycles. The molecule has 0 saturated carbocycles. The molecule has 9 heteroatoms. The molecule has 1 amide bonds. The van der Waals surface area contributed by atoms with Crippen molar-refractivity contribution in [3.8, 4) is 0 Å². The summed E-state index contributed by atoms with van der Waals surface area (Å²) >= 11 is 0. The van der Waals surface area contributed by atoms with Crippen LogP contribution >= 0.6 is 0 Å². The molecule has 0 aromatic heterocycles. The lowest BCUT2D eigenvalue weighted by molar-refractivity contribution is -0.133. The van der Waals surface area contributed by atoms with Crippen molar-refractivity contribution >= 4 is 15.9 Å². The molecule has 1 unspecified atom stereocenters. The highest BCUT2D eigenvalue weighted by molar-refractivity contribution is 7.89. The molecule has 1 atom stereocenters. The second-order valence-corrected chi connectivity index (χ2v) is 10.4. The Bertz CT molecular complexity index is 852. The van der Waals surface area contributed by atoms with E-state index in [-0.39, 0.29) is 23.9 Å². The van der Waals surface area contributed by atoms with Crippen LogP contribution in [-0.4, -0.2) is 98.3 Å². The van der Waals surface area contributed by atoms with Gasteiger partial charge in [0.15, 0.2) is 0 Å².